The van der Waals surface area contributed by atoms with Crippen molar-refractivity contribution in [3.05, 3.63) is 0 Å². The molecule has 7 bridgehead atoms. The molecule has 0 aliphatic heterocycles. The molecule has 0 aromatic carbocycles. The third-order valence-electron chi connectivity index (χ3n) is 11.3. The highest BCUT2D eigenvalue weighted by molar-refractivity contribution is 5.34. The summed E-state index contributed by atoms with van der Waals surface area (Å²) < 4.78 is 0. The van der Waals surface area contributed by atoms with Crippen LogP contribution in [0.3, 0.4) is 0 Å². The van der Waals surface area contributed by atoms with Crippen LogP contribution in [-0.2, 0) is 0 Å². The Kier molecular flexibility index (Phi) is 1.75. The molecule has 0 radical (unpaired) electrons. The fourth-order valence-electron chi connectivity index (χ4n) is 9.86. The lowest BCUT2D eigenvalue weighted by molar-refractivity contribution is -0.311. The maximum absolute atomic E-state index is 2.72. The highest BCUT2D eigenvalue weighted by Crippen LogP contribution is 2.93. The largest absolute Gasteiger partial charge is 0.0617 e. The molecular formula is C20H32. The maximum Gasteiger partial charge on any atom is -0.0202 e. The summed E-state index contributed by atoms with van der Waals surface area (Å²) in [5, 5.41) is 0. The summed E-state index contributed by atoms with van der Waals surface area (Å²) in [6.07, 6.45) is 7.82. The molecule has 7 fully saturated rings. The number of hydrogen-bond acceptors (Lipinski definition) is 0. The Labute approximate surface area is 125 Å². The van der Waals surface area contributed by atoms with Crippen LogP contribution in [0.4, 0.5) is 0 Å². The normalized spacial score (nSPS) is 76.5. The first-order chi connectivity index (χ1) is 9.15. The second-order valence-electron chi connectivity index (χ2n) is 10.7. The first-order valence-electron chi connectivity index (χ1n) is 9.15. The van der Waals surface area contributed by atoms with E-state index in [0.717, 1.165) is 29.1 Å². The van der Waals surface area contributed by atoms with E-state index in [4.69, 9.17) is 0 Å². The molecule has 20 heavy (non-hydrogen) atoms. The Morgan fingerprint density at radius 3 is 2.20 bits per heavy atom. The third-order valence-corrected chi connectivity index (χ3v) is 11.3. The lowest BCUT2D eigenvalue weighted by Gasteiger charge is -2.79. The molecule has 9 unspecified atom stereocenters. The van der Waals surface area contributed by atoms with Gasteiger partial charge in [0.2, 0.25) is 0 Å². The Balaban J connectivity index is 1.83. The fraction of sp³-hybridized carbons (Fsp3) is 1.00. The summed E-state index contributed by atoms with van der Waals surface area (Å²) in [5.41, 5.74) is 3.29. The van der Waals surface area contributed by atoms with E-state index in [1.54, 1.807) is 25.7 Å². The lowest BCUT2D eigenvalue weighted by Crippen LogP contribution is -2.73. The average Bonchev–Trinajstić information content (AvgIpc) is 2.69. The molecule has 0 nitrogen and oxygen atoms in total. The van der Waals surface area contributed by atoms with Crippen LogP contribution in [0.5, 0.6) is 0 Å². The summed E-state index contributed by atoms with van der Waals surface area (Å²) in [5.74, 6) is 3.92. The Morgan fingerprint density at radius 2 is 1.50 bits per heavy atom. The van der Waals surface area contributed by atoms with Gasteiger partial charge < -0.3 is 0 Å². The molecule has 7 aliphatic carbocycles. The van der Waals surface area contributed by atoms with Gasteiger partial charge in [0, 0.05) is 0 Å². The SMILES string of the molecule is CC1C2CC34CC5CC1(C)C(C)C2(C)C(C)(C3)C4(C)C5. The van der Waals surface area contributed by atoms with Gasteiger partial charge >= 0.3 is 0 Å². The van der Waals surface area contributed by atoms with Crippen LogP contribution in [0, 0.1) is 50.7 Å². The summed E-state index contributed by atoms with van der Waals surface area (Å²) in [6.45, 7) is 16.1. The van der Waals surface area contributed by atoms with Crippen LogP contribution < -0.4 is 0 Å². The van der Waals surface area contributed by atoms with E-state index in [1.807, 2.05) is 0 Å². The minimum Gasteiger partial charge on any atom is -0.0617 e. The van der Waals surface area contributed by atoms with E-state index < -0.39 is 0 Å². The van der Waals surface area contributed by atoms with Crippen molar-refractivity contribution >= 4 is 0 Å². The van der Waals surface area contributed by atoms with E-state index >= 15 is 0 Å². The van der Waals surface area contributed by atoms with Crippen LogP contribution in [0.15, 0.2) is 0 Å². The fourth-order valence-corrected chi connectivity index (χ4v) is 9.86. The van der Waals surface area contributed by atoms with Crippen LogP contribution >= 0.6 is 0 Å². The molecule has 112 valence electrons. The quantitative estimate of drug-likeness (QED) is 0.544. The molecular weight excluding hydrogens is 240 g/mol. The minimum absolute atomic E-state index is 0.604. The Hall–Kier alpha value is 0. The van der Waals surface area contributed by atoms with Crippen molar-refractivity contribution in [1.82, 2.24) is 0 Å². The lowest BCUT2D eigenvalue weighted by atomic mass is 9.25. The van der Waals surface area contributed by atoms with E-state index in [-0.39, 0.29) is 0 Å². The van der Waals surface area contributed by atoms with Gasteiger partial charge in [0.15, 0.2) is 0 Å². The molecule has 0 aromatic heterocycles. The van der Waals surface area contributed by atoms with Crippen LogP contribution in [-0.4, -0.2) is 0 Å². The monoisotopic (exact) mass is 272 g/mol. The molecule has 7 saturated carbocycles. The second-order valence-corrected chi connectivity index (χ2v) is 10.7. The van der Waals surface area contributed by atoms with Gasteiger partial charge in [0.25, 0.3) is 0 Å². The summed E-state index contributed by atoms with van der Waals surface area (Å²) >= 11 is 0. The maximum atomic E-state index is 2.72. The zero-order valence-corrected chi connectivity index (χ0v) is 14.3. The highest BCUT2D eigenvalue weighted by Gasteiger charge is 2.86. The van der Waals surface area contributed by atoms with Crippen molar-refractivity contribution in [2.75, 3.05) is 0 Å². The molecule has 0 N–H and O–H groups in total. The van der Waals surface area contributed by atoms with Crippen molar-refractivity contribution in [3.63, 3.8) is 0 Å². The summed E-state index contributed by atoms with van der Waals surface area (Å²) in [7, 11) is 0. The van der Waals surface area contributed by atoms with Gasteiger partial charge in [0.1, 0.15) is 0 Å². The molecule has 7 rings (SSSR count). The first kappa shape index (κ1) is 12.5. The van der Waals surface area contributed by atoms with Gasteiger partial charge in [-0.3, -0.25) is 0 Å². The minimum atomic E-state index is 0.604. The third kappa shape index (κ3) is 0.793. The van der Waals surface area contributed by atoms with Gasteiger partial charge in [-0.2, -0.15) is 0 Å². The van der Waals surface area contributed by atoms with Crippen molar-refractivity contribution in [2.45, 2.75) is 73.6 Å². The van der Waals surface area contributed by atoms with E-state index in [2.05, 4.69) is 41.5 Å². The van der Waals surface area contributed by atoms with Crippen molar-refractivity contribution in [1.29, 1.82) is 0 Å². The number of rotatable bonds is 0. The van der Waals surface area contributed by atoms with Gasteiger partial charge in [-0.05, 0) is 82.9 Å². The van der Waals surface area contributed by atoms with E-state index in [9.17, 15) is 0 Å². The number of hydrogen-bond donors (Lipinski definition) is 0. The van der Waals surface area contributed by atoms with Crippen molar-refractivity contribution < 1.29 is 0 Å². The van der Waals surface area contributed by atoms with Gasteiger partial charge in [-0.1, -0.05) is 41.5 Å². The van der Waals surface area contributed by atoms with Gasteiger partial charge in [-0.15, -0.1) is 0 Å². The highest BCUT2D eigenvalue weighted by atomic mass is 14.9. The second kappa shape index (κ2) is 2.79. The van der Waals surface area contributed by atoms with E-state index in [1.165, 1.54) is 6.42 Å². The predicted octanol–water partition coefficient (Wildman–Crippen LogP) is 5.52. The topological polar surface area (TPSA) is 0 Å². The molecule has 0 heterocycles. The standard InChI is InChI=1S/C20H32/c1-12-15-10-20-9-14-7-16(12,3)13(2)19(15,6)18(5,11-20)17(20,4)8-14/h12-15H,7-11H2,1-6H3. The smallest absolute Gasteiger partial charge is 0.0202 e. The zero-order chi connectivity index (χ0) is 14.3. The summed E-state index contributed by atoms with van der Waals surface area (Å²) in [4.78, 5) is 0. The molecule has 7 aliphatic rings. The van der Waals surface area contributed by atoms with Crippen molar-refractivity contribution in [2.24, 2.45) is 50.7 Å². The molecule has 1 spiro atoms. The molecule has 0 heteroatoms. The predicted molar refractivity (Wildman–Crippen MR) is 83.3 cm³/mol. The first-order valence-corrected chi connectivity index (χ1v) is 9.15. The van der Waals surface area contributed by atoms with Crippen molar-refractivity contribution in [3.8, 4) is 0 Å². The summed E-state index contributed by atoms with van der Waals surface area (Å²) in [6, 6.07) is 0. The molecule has 0 saturated heterocycles. The molecule has 9 atom stereocenters. The zero-order valence-electron chi connectivity index (χ0n) is 14.3. The molecule has 0 aromatic rings. The van der Waals surface area contributed by atoms with Crippen LogP contribution in [0.25, 0.3) is 0 Å². The van der Waals surface area contributed by atoms with E-state index in [0.29, 0.717) is 21.7 Å². The van der Waals surface area contributed by atoms with Crippen LogP contribution in [0.2, 0.25) is 0 Å². The average molecular weight is 272 g/mol. The Morgan fingerprint density at radius 1 is 0.800 bits per heavy atom. The van der Waals surface area contributed by atoms with Crippen LogP contribution in [0.1, 0.15) is 73.6 Å². The Bertz CT molecular complexity index is 522. The van der Waals surface area contributed by atoms with Gasteiger partial charge in [-0.25, -0.2) is 0 Å². The van der Waals surface area contributed by atoms with Gasteiger partial charge in [0.05, 0.1) is 0 Å². The molecule has 0 amide bonds.